The monoisotopic (exact) mass is 257 g/mol. The number of aliphatic hydroxyl groups is 1. The third-order valence-electron chi connectivity index (χ3n) is 2.50. The molecule has 0 aliphatic carbocycles. The first-order valence-electron chi connectivity index (χ1n) is 4.94. The number of β-amino-alcohol motifs (C(OH)–C–C–N with tert-alkyl or cyclic N) is 1. The summed E-state index contributed by atoms with van der Waals surface area (Å²) < 4.78 is 13.0. The number of carbonyl (C=O) groups is 2. The second kappa shape index (κ2) is 4.43. The number of halogens is 2. The molecule has 1 heterocycles. The SMILES string of the molecule is O=C1C(=O)N(CC(O)CCl)c2ccc(F)cc21. The van der Waals surface area contributed by atoms with E-state index in [0.29, 0.717) is 5.69 Å². The Bertz CT molecular complexity index is 492. The Morgan fingerprint density at radius 2 is 2.12 bits per heavy atom. The van der Waals surface area contributed by atoms with E-state index in [9.17, 15) is 19.1 Å². The van der Waals surface area contributed by atoms with Gasteiger partial charge >= 0.3 is 0 Å². The fraction of sp³-hybridized carbons (Fsp3) is 0.273. The number of ketones is 1. The molecule has 2 rings (SSSR count). The van der Waals surface area contributed by atoms with E-state index >= 15 is 0 Å². The molecule has 6 heteroatoms. The maximum absolute atomic E-state index is 13.0. The molecule has 1 aliphatic heterocycles. The zero-order valence-corrected chi connectivity index (χ0v) is 9.45. The number of amides is 1. The molecule has 4 nitrogen and oxygen atoms in total. The molecule has 90 valence electrons. The van der Waals surface area contributed by atoms with E-state index in [4.69, 9.17) is 11.6 Å². The molecule has 0 radical (unpaired) electrons. The van der Waals surface area contributed by atoms with Crippen LogP contribution in [0, 0.1) is 5.82 Å². The summed E-state index contributed by atoms with van der Waals surface area (Å²) in [5.74, 6) is -2.16. The molecule has 0 saturated heterocycles. The van der Waals surface area contributed by atoms with Gasteiger partial charge in [0.15, 0.2) is 0 Å². The number of hydrogen-bond acceptors (Lipinski definition) is 3. The summed E-state index contributed by atoms with van der Waals surface area (Å²) in [6, 6.07) is 3.52. The minimum absolute atomic E-state index is 0.0248. The average molecular weight is 258 g/mol. The van der Waals surface area contributed by atoms with Gasteiger partial charge in [0.25, 0.3) is 11.7 Å². The van der Waals surface area contributed by atoms with Gasteiger partial charge in [0.2, 0.25) is 0 Å². The second-order valence-electron chi connectivity index (χ2n) is 3.71. The summed E-state index contributed by atoms with van der Waals surface area (Å²) in [5, 5.41) is 9.39. The Morgan fingerprint density at radius 3 is 2.76 bits per heavy atom. The van der Waals surface area contributed by atoms with Gasteiger partial charge in [-0.25, -0.2) is 4.39 Å². The van der Waals surface area contributed by atoms with Crippen molar-refractivity contribution in [1.82, 2.24) is 0 Å². The van der Waals surface area contributed by atoms with Crippen molar-refractivity contribution in [2.45, 2.75) is 6.10 Å². The van der Waals surface area contributed by atoms with Crippen molar-refractivity contribution < 1.29 is 19.1 Å². The Morgan fingerprint density at radius 1 is 1.41 bits per heavy atom. The first-order valence-corrected chi connectivity index (χ1v) is 5.48. The van der Waals surface area contributed by atoms with Gasteiger partial charge < -0.3 is 10.0 Å². The van der Waals surface area contributed by atoms with Gasteiger partial charge in [-0.2, -0.15) is 0 Å². The molecular formula is C11H9ClFNO3. The van der Waals surface area contributed by atoms with E-state index in [2.05, 4.69) is 0 Å². The minimum atomic E-state index is -0.926. The molecule has 0 spiro atoms. The van der Waals surface area contributed by atoms with Gasteiger partial charge in [-0.3, -0.25) is 9.59 Å². The van der Waals surface area contributed by atoms with Crippen molar-refractivity contribution in [3.05, 3.63) is 29.6 Å². The van der Waals surface area contributed by atoms with Crippen molar-refractivity contribution >= 4 is 29.0 Å². The Kier molecular flexibility index (Phi) is 3.13. The van der Waals surface area contributed by atoms with Crippen molar-refractivity contribution in [3.63, 3.8) is 0 Å². The summed E-state index contributed by atoms with van der Waals surface area (Å²) in [4.78, 5) is 24.3. The highest BCUT2D eigenvalue weighted by molar-refractivity contribution is 6.52. The predicted octanol–water partition coefficient (Wildman–Crippen LogP) is 0.955. The predicted molar refractivity (Wildman–Crippen MR) is 59.8 cm³/mol. The summed E-state index contributed by atoms with van der Waals surface area (Å²) in [7, 11) is 0. The van der Waals surface area contributed by atoms with Crippen molar-refractivity contribution in [3.8, 4) is 0 Å². The zero-order chi connectivity index (χ0) is 12.6. The van der Waals surface area contributed by atoms with Crippen LogP contribution in [0.25, 0.3) is 0 Å². The highest BCUT2D eigenvalue weighted by Gasteiger charge is 2.36. The van der Waals surface area contributed by atoms with Crippen LogP contribution in [0.1, 0.15) is 10.4 Å². The smallest absolute Gasteiger partial charge is 0.299 e. The van der Waals surface area contributed by atoms with E-state index in [1.165, 1.54) is 6.07 Å². The molecule has 1 unspecified atom stereocenters. The topological polar surface area (TPSA) is 57.6 Å². The molecule has 0 saturated carbocycles. The molecule has 0 fully saturated rings. The van der Waals surface area contributed by atoms with Crippen LogP contribution >= 0.6 is 11.6 Å². The highest BCUT2D eigenvalue weighted by Crippen LogP contribution is 2.29. The maximum atomic E-state index is 13.0. The lowest BCUT2D eigenvalue weighted by atomic mass is 10.1. The van der Waals surface area contributed by atoms with E-state index in [0.717, 1.165) is 17.0 Å². The molecule has 1 amide bonds. The zero-order valence-electron chi connectivity index (χ0n) is 8.69. The Labute approximate surface area is 102 Å². The lowest BCUT2D eigenvalue weighted by Gasteiger charge is -2.18. The summed E-state index contributed by atoms with van der Waals surface area (Å²) in [6.45, 7) is -0.0767. The van der Waals surface area contributed by atoms with Crippen molar-refractivity contribution in [1.29, 1.82) is 0 Å². The molecule has 1 aromatic rings. The number of benzene rings is 1. The third kappa shape index (κ3) is 2.03. The summed E-state index contributed by atoms with van der Waals surface area (Å²) in [6.07, 6.45) is -0.926. The van der Waals surface area contributed by atoms with Gasteiger partial charge in [0.1, 0.15) is 5.82 Å². The Hall–Kier alpha value is -1.46. The van der Waals surface area contributed by atoms with Crippen LogP contribution in [0.2, 0.25) is 0 Å². The summed E-state index contributed by atoms with van der Waals surface area (Å²) >= 11 is 5.43. The summed E-state index contributed by atoms with van der Waals surface area (Å²) in [5.41, 5.74) is 0.335. The first-order chi connectivity index (χ1) is 8.04. The van der Waals surface area contributed by atoms with E-state index in [1.807, 2.05) is 0 Å². The van der Waals surface area contributed by atoms with Gasteiger partial charge in [0, 0.05) is 0 Å². The highest BCUT2D eigenvalue weighted by atomic mass is 35.5. The molecular weight excluding hydrogens is 249 g/mol. The number of rotatable bonds is 3. The molecule has 1 aromatic carbocycles. The number of fused-ring (bicyclic) bond motifs is 1. The van der Waals surface area contributed by atoms with Gasteiger partial charge in [-0.05, 0) is 18.2 Å². The van der Waals surface area contributed by atoms with Gasteiger partial charge in [-0.15, -0.1) is 11.6 Å². The fourth-order valence-electron chi connectivity index (χ4n) is 1.71. The van der Waals surface area contributed by atoms with Crippen LogP contribution in [0.15, 0.2) is 18.2 Å². The number of hydrogen-bond donors (Lipinski definition) is 1. The molecule has 0 bridgehead atoms. The van der Waals surface area contributed by atoms with Crippen LogP contribution in [-0.4, -0.2) is 35.3 Å². The van der Waals surface area contributed by atoms with E-state index in [-0.39, 0.29) is 18.0 Å². The van der Waals surface area contributed by atoms with Crippen molar-refractivity contribution in [2.75, 3.05) is 17.3 Å². The number of carbonyl (C=O) groups excluding carboxylic acids is 2. The van der Waals surface area contributed by atoms with Crippen LogP contribution in [0.4, 0.5) is 10.1 Å². The third-order valence-corrected chi connectivity index (χ3v) is 2.86. The fourth-order valence-corrected chi connectivity index (χ4v) is 1.81. The number of alkyl halides is 1. The molecule has 0 aromatic heterocycles. The van der Waals surface area contributed by atoms with Gasteiger partial charge in [0.05, 0.1) is 29.8 Å². The number of anilines is 1. The van der Waals surface area contributed by atoms with Crippen LogP contribution in [0.5, 0.6) is 0 Å². The first kappa shape index (κ1) is 12.0. The van der Waals surface area contributed by atoms with Crippen LogP contribution in [-0.2, 0) is 4.79 Å². The molecule has 1 N–H and O–H groups in total. The Balaban J connectivity index is 2.38. The number of aliphatic hydroxyl groups excluding tert-OH is 1. The molecule has 17 heavy (non-hydrogen) atoms. The maximum Gasteiger partial charge on any atom is 0.299 e. The second-order valence-corrected chi connectivity index (χ2v) is 4.02. The lowest BCUT2D eigenvalue weighted by molar-refractivity contribution is -0.114. The number of nitrogens with zero attached hydrogens (tertiary/aromatic N) is 1. The van der Waals surface area contributed by atoms with E-state index < -0.39 is 23.6 Å². The normalized spacial score (nSPS) is 16.3. The van der Waals surface area contributed by atoms with E-state index in [1.54, 1.807) is 0 Å². The molecule has 1 aliphatic rings. The number of Topliss-reactive ketones (excluding diaryl/α,β-unsaturated/α-hetero) is 1. The minimum Gasteiger partial charge on any atom is -0.390 e. The lowest BCUT2D eigenvalue weighted by Crippen LogP contribution is -2.37. The van der Waals surface area contributed by atoms with Crippen LogP contribution < -0.4 is 4.90 Å². The van der Waals surface area contributed by atoms with Crippen LogP contribution in [0.3, 0.4) is 0 Å². The average Bonchev–Trinajstić information content (AvgIpc) is 2.54. The largest absolute Gasteiger partial charge is 0.390 e. The van der Waals surface area contributed by atoms with Crippen molar-refractivity contribution in [2.24, 2.45) is 0 Å². The standard InChI is InChI=1S/C11H9ClFNO3/c12-4-7(15)5-14-9-2-1-6(13)3-8(9)10(16)11(14)17/h1-3,7,15H,4-5H2. The quantitative estimate of drug-likeness (QED) is 0.648. The van der Waals surface area contributed by atoms with Gasteiger partial charge in [-0.1, -0.05) is 0 Å². The molecule has 1 atom stereocenters.